The molecule has 0 atom stereocenters. The summed E-state index contributed by atoms with van der Waals surface area (Å²) in [4.78, 5) is 0. The maximum Gasteiger partial charge on any atom is 0.673 e. The van der Waals surface area contributed by atoms with Gasteiger partial charge in [-0.05, 0) is 75.2 Å². The van der Waals surface area contributed by atoms with Crippen molar-refractivity contribution in [1.82, 2.24) is 0 Å². The van der Waals surface area contributed by atoms with E-state index in [9.17, 15) is 17.3 Å². The monoisotopic (exact) mass is 430 g/mol. The summed E-state index contributed by atoms with van der Waals surface area (Å²) in [5, 5.41) is 1.31. The molecule has 0 amide bonds. The van der Waals surface area contributed by atoms with Crippen LogP contribution in [0.5, 0.6) is 0 Å². The summed E-state index contributed by atoms with van der Waals surface area (Å²) in [6, 6.07) is 0. The van der Waals surface area contributed by atoms with Crippen LogP contribution >= 0.6 is 7.26 Å². The van der Waals surface area contributed by atoms with Crippen molar-refractivity contribution in [2.45, 2.75) is 136 Å². The minimum atomic E-state index is -6.00. The molecule has 0 unspecified atom stereocenters. The molecule has 172 valence electrons. The molecule has 0 saturated heterocycles. The molecule has 0 aliphatic carbocycles. The Bertz CT molecular complexity index is 359. The van der Waals surface area contributed by atoms with Crippen molar-refractivity contribution in [1.29, 1.82) is 0 Å². The minimum absolute atomic E-state index is 0.435. The lowest BCUT2D eigenvalue weighted by Gasteiger charge is -2.54. The van der Waals surface area contributed by atoms with Crippen LogP contribution in [0.1, 0.15) is 121 Å². The topological polar surface area (TPSA) is 0 Å². The largest absolute Gasteiger partial charge is 0.673 e. The maximum atomic E-state index is 9.75. The summed E-state index contributed by atoms with van der Waals surface area (Å²) < 4.78 is 39.0. The van der Waals surface area contributed by atoms with E-state index in [0.29, 0.717) is 15.5 Å². The SMILES string of the molecule is CCCCCCCCCC[P+](C(C)(C)C)(C(C)(C)C)C(C)(C)C.F[B-](F)(F)F. The Hall–Kier alpha value is 0.215. The van der Waals surface area contributed by atoms with E-state index in [0.717, 1.165) is 0 Å². The lowest BCUT2D eigenvalue weighted by atomic mass is 10.1. The molecular formula is C22H48BF4P. The molecule has 0 aliphatic rings. The van der Waals surface area contributed by atoms with Gasteiger partial charge in [0.2, 0.25) is 0 Å². The van der Waals surface area contributed by atoms with Gasteiger partial charge in [0.15, 0.2) is 0 Å². The number of unbranched alkanes of at least 4 members (excludes halogenated alkanes) is 7. The van der Waals surface area contributed by atoms with Crippen LogP contribution in [0.3, 0.4) is 0 Å². The Kier molecular flexibility index (Phi) is 13.2. The first-order valence-corrected chi connectivity index (χ1v) is 13.0. The smallest absolute Gasteiger partial charge is 0.418 e. The number of hydrogen-bond acceptors (Lipinski definition) is 0. The van der Waals surface area contributed by atoms with Gasteiger partial charge >= 0.3 is 7.25 Å². The third kappa shape index (κ3) is 11.4. The highest BCUT2D eigenvalue weighted by molar-refractivity contribution is 7.80. The Balaban J connectivity index is 0. The normalized spacial score (nSPS) is 13.9. The molecule has 6 heteroatoms. The first-order chi connectivity index (χ1) is 12.3. The lowest BCUT2D eigenvalue weighted by Crippen LogP contribution is -2.45. The summed E-state index contributed by atoms with van der Waals surface area (Å²) in [6.45, 7) is 24.9. The second-order valence-electron chi connectivity index (χ2n) is 11.0. The Labute approximate surface area is 174 Å². The van der Waals surface area contributed by atoms with Gasteiger partial charge in [-0.3, -0.25) is 0 Å². The maximum absolute atomic E-state index is 9.75. The average molecular weight is 430 g/mol. The van der Waals surface area contributed by atoms with E-state index in [1.54, 1.807) is 0 Å². The summed E-state index contributed by atoms with van der Waals surface area (Å²) in [6.07, 6.45) is 12.9. The molecule has 0 N–H and O–H groups in total. The predicted molar refractivity (Wildman–Crippen MR) is 124 cm³/mol. The van der Waals surface area contributed by atoms with E-state index in [1.165, 1.54) is 57.5 Å². The van der Waals surface area contributed by atoms with Gasteiger partial charge in [-0.15, -0.1) is 0 Å². The van der Waals surface area contributed by atoms with Crippen molar-refractivity contribution in [2.24, 2.45) is 0 Å². The van der Waals surface area contributed by atoms with Gasteiger partial charge < -0.3 is 17.3 Å². The van der Waals surface area contributed by atoms with Crippen LogP contribution in [0.2, 0.25) is 0 Å². The van der Waals surface area contributed by atoms with Crippen LogP contribution < -0.4 is 0 Å². The highest BCUT2D eigenvalue weighted by atomic mass is 31.2. The zero-order valence-electron chi connectivity index (χ0n) is 20.4. The molecule has 0 saturated carbocycles. The standard InChI is InChI=1S/C22H48P.BF4/c1-11-12-13-14-15-16-17-18-19-23(20(2,3)4,21(5,6)7)22(8,9)10;2-1(3,4)5/h11-19H2,1-10H3;/q+1;-1. The number of halogens is 4. The second-order valence-corrected chi connectivity index (χ2v) is 17.1. The third-order valence-corrected chi connectivity index (χ3v) is 13.6. The molecule has 0 radical (unpaired) electrons. The van der Waals surface area contributed by atoms with Gasteiger partial charge in [-0.1, -0.05) is 45.4 Å². The molecular weight excluding hydrogens is 382 g/mol. The van der Waals surface area contributed by atoms with Crippen molar-refractivity contribution in [3.63, 3.8) is 0 Å². The van der Waals surface area contributed by atoms with E-state index < -0.39 is 14.5 Å². The van der Waals surface area contributed by atoms with Gasteiger partial charge in [0.25, 0.3) is 0 Å². The van der Waals surface area contributed by atoms with E-state index in [1.807, 2.05) is 0 Å². The summed E-state index contributed by atoms with van der Waals surface area (Å²) in [5.74, 6) is 0. The zero-order chi connectivity index (χ0) is 22.9. The fourth-order valence-corrected chi connectivity index (χ4v) is 14.3. The Morgan fingerprint density at radius 2 is 0.786 bits per heavy atom. The molecule has 0 nitrogen and oxygen atoms in total. The molecule has 0 spiro atoms. The lowest BCUT2D eigenvalue weighted by molar-refractivity contribution is 0.368. The van der Waals surface area contributed by atoms with Gasteiger partial charge in [0.1, 0.15) is 0 Å². The van der Waals surface area contributed by atoms with Gasteiger partial charge in [0.05, 0.1) is 21.6 Å². The predicted octanol–water partition coefficient (Wildman–Crippen LogP) is 9.84. The van der Waals surface area contributed by atoms with E-state index in [2.05, 4.69) is 69.2 Å². The van der Waals surface area contributed by atoms with Gasteiger partial charge in [0, 0.05) is 7.26 Å². The van der Waals surface area contributed by atoms with Crippen LogP contribution in [0.25, 0.3) is 0 Å². The van der Waals surface area contributed by atoms with Crippen LogP contribution in [0.15, 0.2) is 0 Å². The minimum Gasteiger partial charge on any atom is -0.418 e. The molecule has 0 fully saturated rings. The molecule has 0 aromatic carbocycles. The van der Waals surface area contributed by atoms with Crippen LogP contribution in [-0.2, 0) is 0 Å². The molecule has 0 rings (SSSR count). The Morgan fingerprint density at radius 1 is 0.536 bits per heavy atom. The van der Waals surface area contributed by atoms with E-state index in [4.69, 9.17) is 0 Å². The van der Waals surface area contributed by atoms with Crippen molar-refractivity contribution >= 4 is 14.5 Å². The molecule has 0 aliphatic heterocycles. The summed E-state index contributed by atoms with van der Waals surface area (Å²) >= 11 is 0. The van der Waals surface area contributed by atoms with Crippen molar-refractivity contribution < 1.29 is 17.3 Å². The van der Waals surface area contributed by atoms with Crippen LogP contribution in [-0.4, -0.2) is 28.9 Å². The van der Waals surface area contributed by atoms with Crippen LogP contribution in [0, 0.1) is 0 Å². The zero-order valence-corrected chi connectivity index (χ0v) is 21.3. The highest BCUT2D eigenvalue weighted by Crippen LogP contribution is 2.83. The van der Waals surface area contributed by atoms with Crippen LogP contribution in [0.4, 0.5) is 17.3 Å². The first kappa shape index (κ1) is 30.4. The number of rotatable bonds is 9. The van der Waals surface area contributed by atoms with Gasteiger partial charge in [-0.2, -0.15) is 0 Å². The quantitative estimate of drug-likeness (QED) is 0.148. The summed E-state index contributed by atoms with van der Waals surface area (Å²) in [7, 11) is -7.11. The molecule has 0 aromatic rings. The molecule has 0 heterocycles. The third-order valence-electron chi connectivity index (χ3n) is 5.78. The van der Waals surface area contributed by atoms with Crippen molar-refractivity contribution in [2.75, 3.05) is 6.16 Å². The molecule has 0 aromatic heterocycles. The van der Waals surface area contributed by atoms with Crippen molar-refractivity contribution in [3.8, 4) is 0 Å². The van der Waals surface area contributed by atoms with E-state index >= 15 is 0 Å². The highest BCUT2D eigenvalue weighted by Gasteiger charge is 2.63. The molecule has 0 bridgehead atoms. The fourth-order valence-electron chi connectivity index (χ4n) is 5.51. The second kappa shape index (κ2) is 12.2. The van der Waals surface area contributed by atoms with E-state index in [-0.39, 0.29) is 0 Å². The first-order valence-electron chi connectivity index (χ1n) is 11.1. The van der Waals surface area contributed by atoms with Gasteiger partial charge in [-0.25, -0.2) is 0 Å². The Morgan fingerprint density at radius 3 is 1.04 bits per heavy atom. The average Bonchev–Trinajstić information content (AvgIpc) is 2.39. The molecule has 28 heavy (non-hydrogen) atoms. The summed E-state index contributed by atoms with van der Waals surface area (Å²) in [5.41, 5.74) is 0. The fraction of sp³-hybridized carbons (Fsp3) is 1.00. The van der Waals surface area contributed by atoms with Crippen molar-refractivity contribution in [3.05, 3.63) is 0 Å². The number of hydrogen-bond donors (Lipinski definition) is 0.